The lowest BCUT2D eigenvalue weighted by Gasteiger charge is -2.12. The molecule has 2 rings (SSSR count). The molecule has 0 radical (unpaired) electrons. The molecule has 0 atom stereocenters. The van der Waals surface area contributed by atoms with Gasteiger partial charge in [-0.25, -0.2) is 0 Å². The average Bonchev–Trinajstić information content (AvgIpc) is 2.76. The van der Waals surface area contributed by atoms with Crippen LogP contribution in [0.25, 0.3) is 0 Å². The molecule has 0 aliphatic rings. The zero-order valence-electron chi connectivity index (χ0n) is 9.87. The quantitative estimate of drug-likeness (QED) is 0.832. The summed E-state index contributed by atoms with van der Waals surface area (Å²) in [5.41, 5.74) is 2.14. The van der Waals surface area contributed by atoms with Crippen LogP contribution in [-0.4, -0.2) is 7.11 Å². The van der Waals surface area contributed by atoms with E-state index in [2.05, 4.69) is 37.2 Å². The molecule has 0 fully saturated rings. The molecule has 5 heteroatoms. The molecule has 0 aliphatic carbocycles. The van der Waals surface area contributed by atoms with Gasteiger partial charge >= 0.3 is 0 Å². The zero-order valence-corrected chi connectivity index (χ0v) is 13.0. The predicted octanol–water partition coefficient (Wildman–Crippen LogP) is 4.56. The average molecular weight is 375 g/mol. The first-order chi connectivity index (χ1) is 8.72. The van der Waals surface area contributed by atoms with Gasteiger partial charge in [-0.2, -0.15) is 0 Å². The third kappa shape index (κ3) is 3.16. The Morgan fingerprint density at radius 1 is 1.22 bits per heavy atom. The van der Waals surface area contributed by atoms with E-state index in [1.165, 1.54) is 0 Å². The van der Waals surface area contributed by atoms with E-state index in [9.17, 15) is 0 Å². The fourth-order valence-corrected chi connectivity index (χ4v) is 2.46. The maximum absolute atomic E-state index is 5.36. The molecular weight excluding hydrogens is 362 g/mol. The monoisotopic (exact) mass is 373 g/mol. The van der Waals surface area contributed by atoms with Crippen LogP contribution in [0.2, 0.25) is 0 Å². The standard InChI is InChI=1S/C13H13Br2NO2/c1-17-8-9-10(14)3-2-4-12(9)16-7-13-11(15)5-6-18-13/h2-6,16H,7-8H2,1H3. The maximum Gasteiger partial charge on any atom is 0.136 e. The number of benzene rings is 1. The Hall–Kier alpha value is -0.780. The van der Waals surface area contributed by atoms with E-state index in [4.69, 9.17) is 9.15 Å². The van der Waals surface area contributed by atoms with Crippen molar-refractivity contribution in [3.8, 4) is 0 Å². The first kappa shape index (κ1) is 13.6. The Balaban J connectivity index is 2.14. The number of anilines is 1. The largest absolute Gasteiger partial charge is 0.466 e. The second-order valence-electron chi connectivity index (χ2n) is 3.74. The molecule has 2 aromatic rings. The lowest BCUT2D eigenvalue weighted by Crippen LogP contribution is -2.03. The summed E-state index contributed by atoms with van der Waals surface area (Å²) in [5.74, 6) is 0.873. The molecule has 0 bridgehead atoms. The van der Waals surface area contributed by atoms with Gasteiger partial charge in [0.15, 0.2) is 0 Å². The first-order valence-electron chi connectivity index (χ1n) is 5.44. The minimum atomic E-state index is 0.559. The number of hydrogen-bond acceptors (Lipinski definition) is 3. The lowest BCUT2D eigenvalue weighted by molar-refractivity contribution is 0.185. The first-order valence-corrected chi connectivity index (χ1v) is 7.03. The molecule has 96 valence electrons. The summed E-state index contributed by atoms with van der Waals surface area (Å²) in [5, 5.41) is 3.35. The van der Waals surface area contributed by atoms with Gasteiger partial charge in [0, 0.05) is 22.8 Å². The summed E-state index contributed by atoms with van der Waals surface area (Å²) in [6.45, 7) is 1.18. The molecule has 0 aliphatic heterocycles. The molecule has 0 spiro atoms. The topological polar surface area (TPSA) is 34.4 Å². The predicted molar refractivity (Wildman–Crippen MR) is 78.6 cm³/mol. The van der Waals surface area contributed by atoms with Gasteiger partial charge in [-0.1, -0.05) is 22.0 Å². The van der Waals surface area contributed by atoms with Crippen LogP contribution in [0.4, 0.5) is 5.69 Å². The smallest absolute Gasteiger partial charge is 0.136 e. The summed E-state index contributed by atoms with van der Waals surface area (Å²) < 4.78 is 12.6. The van der Waals surface area contributed by atoms with Crippen LogP contribution in [0, 0.1) is 0 Å². The van der Waals surface area contributed by atoms with Crippen molar-refractivity contribution in [1.29, 1.82) is 0 Å². The van der Waals surface area contributed by atoms with Gasteiger partial charge in [-0.3, -0.25) is 0 Å². The zero-order chi connectivity index (χ0) is 13.0. The SMILES string of the molecule is COCc1c(Br)cccc1NCc1occc1Br. The van der Waals surface area contributed by atoms with Crippen molar-refractivity contribution < 1.29 is 9.15 Å². The summed E-state index contributed by atoms with van der Waals surface area (Å²) in [6.07, 6.45) is 1.66. The molecule has 1 heterocycles. The highest BCUT2D eigenvalue weighted by atomic mass is 79.9. The Morgan fingerprint density at radius 2 is 2.06 bits per heavy atom. The number of nitrogens with one attached hydrogen (secondary N) is 1. The molecule has 0 unspecified atom stereocenters. The molecule has 1 aromatic carbocycles. The summed E-state index contributed by atoms with van der Waals surface area (Å²) >= 11 is 6.96. The van der Waals surface area contributed by atoms with Gasteiger partial charge in [0.05, 0.1) is 23.9 Å². The molecule has 0 saturated carbocycles. The van der Waals surface area contributed by atoms with Crippen molar-refractivity contribution in [3.05, 3.63) is 50.8 Å². The van der Waals surface area contributed by atoms with Gasteiger partial charge in [0.1, 0.15) is 5.76 Å². The van der Waals surface area contributed by atoms with Crippen LogP contribution >= 0.6 is 31.9 Å². The van der Waals surface area contributed by atoms with Crippen LogP contribution in [0.3, 0.4) is 0 Å². The molecule has 1 aromatic heterocycles. The highest BCUT2D eigenvalue weighted by Gasteiger charge is 2.08. The number of rotatable bonds is 5. The van der Waals surface area contributed by atoms with Gasteiger partial charge in [0.2, 0.25) is 0 Å². The van der Waals surface area contributed by atoms with Crippen molar-refractivity contribution in [2.24, 2.45) is 0 Å². The number of ether oxygens (including phenoxy) is 1. The van der Waals surface area contributed by atoms with Gasteiger partial charge in [0.25, 0.3) is 0 Å². The Morgan fingerprint density at radius 3 is 2.72 bits per heavy atom. The van der Waals surface area contributed by atoms with Crippen molar-refractivity contribution in [3.63, 3.8) is 0 Å². The highest BCUT2D eigenvalue weighted by molar-refractivity contribution is 9.10. The van der Waals surface area contributed by atoms with E-state index in [1.807, 2.05) is 24.3 Å². The van der Waals surface area contributed by atoms with E-state index >= 15 is 0 Å². The van der Waals surface area contributed by atoms with Crippen LogP contribution in [-0.2, 0) is 17.9 Å². The Kier molecular flexibility index (Phi) is 4.86. The third-order valence-electron chi connectivity index (χ3n) is 2.54. The van der Waals surface area contributed by atoms with Crippen LogP contribution < -0.4 is 5.32 Å². The molecular formula is C13H13Br2NO2. The molecule has 0 amide bonds. The second-order valence-corrected chi connectivity index (χ2v) is 5.45. The highest BCUT2D eigenvalue weighted by Crippen LogP contribution is 2.27. The van der Waals surface area contributed by atoms with Gasteiger partial charge < -0.3 is 14.5 Å². The van der Waals surface area contributed by atoms with E-state index < -0.39 is 0 Å². The van der Waals surface area contributed by atoms with E-state index in [-0.39, 0.29) is 0 Å². The normalized spacial score (nSPS) is 10.6. The van der Waals surface area contributed by atoms with Crippen LogP contribution in [0.5, 0.6) is 0 Å². The molecule has 18 heavy (non-hydrogen) atoms. The minimum absolute atomic E-state index is 0.559. The molecule has 3 nitrogen and oxygen atoms in total. The number of methoxy groups -OCH3 is 1. The van der Waals surface area contributed by atoms with Crippen LogP contribution in [0.15, 0.2) is 43.9 Å². The van der Waals surface area contributed by atoms with Crippen molar-refractivity contribution >= 4 is 37.5 Å². The fraction of sp³-hybridized carbons (Fsp3) is 0.231. The van der Waals surface area contributed by atoms with E-state index in [0.29, 0.717) is 13.2 Å². The Labute approximate surface area is 123 Å². The summed E-state index contributed by atoms with van der Waals surface area (Å²) in [6, 6.07) is 7.90. The molecule has 0 saturated heterocycles. The molecule has 1 N–H and O–H groups in total. The van der Waals surface area contributed by atoms with Gasteiger partial charge in [-0.15, -0.1) is 0 Å². The number of halogens is 2. The van der Waals surface area contributed by atoms with Crippen LogP contribution in [0.1, 0.15) is 11.3 Å². The second kappa shape index (κ2) is 6.41. The summed E-state index contributed by atoms with van der Waals surface area (Å²) in [7, 11) is 1.69. The fourth-order valence-electron chi connectivity index (χ4n) is 1.64. The number of hydrogen-bond donors (Lipinski definition) is 1. The Bertz CT molecular complexity index is 525. The maximum atomic E-state index is 5.36. The number of furan rings is 1. The van der Waals surface area contributed by atoms with Gasteiger partial charge in [-0.05, 0) is 34.1 Å². The minimum Gasteiger partial charge on any atom is -0.466 e. The van der Waals surface area contributed by atoms with E-state index in [0.717, 1.165) is 26.0 Å². The van der Waals surface area contributed by atoms with E-state index in [1.54, 1.807) is 13.4 Å². The van der Waals surface area contributed by atoms with Crippen molar-refractivity contribution in [2.75, 3.05) is 12.4 Å². The summed E-state index contributed by atoms with van der Waals surface area (Å²) in [4.78, 5) is 0. The lowest BCUT2D eigenvalue weighted by atomic mass is 10.2. The third-order valence-corrected chi connectivity index (χ3v) is 3.99. The van der Waals surface area contributed by atoms with Crippen molar-refractivity contribution in [1.82, 2.24) is 0 Å². The van der Waals surface area contributed by atoms with Crippen molar-refractivity contribution in [2.45, 2.75) is 13.2 Å².